The van der Waals surface area contributed by atoms with Crippen LogP contribution in [0.5, 0.6) is 5.75 Å². The third-order valence-corrected chi connectivity index (χ3v) is 4.04. The Bertz CT molecular complexity index is 794. The van der Waals surface area contributed by atoms with Crippen LogP contribution in [0.2, 0.25) is 0 Å². The number of aromatic hydroxyl groups is 1. The van der Waals surface area contributed by atoms with Crippen LogP contribution in [-0.2, 0) is 23.8 Å². The van der Waals surface area contributed by atoms with Crippen LogP contribution in [0.25, 0.3) is 11.1 Å². The molecular weight excluding hydrogens is 309 g/mol. The second-order valence-corrected chi connectivity index (χ2v) is 5.32. The first-order valence-electron chi connectivity index (χ1n) is 6.97. The van der Waals surface area contributed by atoms with Crippen LogP contribution < -0.4 is 0 Å². The molecule has 0 saturated carbocycles. The summed E-state index contributed by atoms with van der Waals surface area (Å²) in [6.45, 7) is 0. The predicted molar refractivity (Wildman–Crippen MR) is 77.3 cm³/mol. The van der Waals surface area contributed by atoms with Crippen LogP contribution in [0.1, 0.15) is 27.0 Å². The first kappa shape index (κ1) is 15.4. The van der Waals surface area contributed by atoms with Crippen molar-refractivity contribution in [2.45, 2.75) is 19.0 Å². The zero-order chi connectivity index (χ0) is 16.8. The number of ether oxygens (including phenoxy) is 1. The number of esters is 1. The zero-order valence-electron chi connectivity index (χ0n) is 12.2. The summed E-state index contributed by atoms with van der Waals surface area (Å²) in [6.07, 6.45) is -4.02. The number of carbonyl (C=O) groups excluding carboxylic acids is 1. The first-order chi connectivity index (χ1) is 10.8. The minimum absolute atomic E-state index is 0.0226. The molecule has 6 heteroatoms. The van der Waals surface area contributed by atoms with Crippen molar-refractivity contribution < 1.29 is 27.8 Å². The number of hydrogen-bond acceptors (Lipinski definition) is 3. The Hall–Kier alpha value is -2.50. The Morgan fingerprint density at radius 1 is 1.22 bits per heavy atom. The molecule has 3 nitrogen and oxygen atoms in total. The molecule has 0 aromatic heterocycles. The minimum atomic E-state index is -4.61. The van der Waals surface area contributed by atoms with Crippen molar-refractivity contribution in [2.24, 2.45) is 0 Å². The molecule has 23 heavy (non-hydrogen) atoms. The van der Waals surface area contributed by atoms with Gasteiger partial charge in [-0.2, -0.15) is 13.2 Å². The molecule has 0 aliphatic heterocycles. The average Bonchev–Trinajstić information content (AvgIpc) is 2.52. The largest absolute Gasteiger partial charge is 0.507 e. The molecule has 0 amide bonds. The molecule has 120 valence electrons. The van der Waals surface area contributed by atoms with Crippen LogP contribution in [0.3, 0.4) is 0 Å². The number of hydrogen-bond donors (Lipinski definition) is 1. The SMILES string of the molecule is COC(=O)c1c(O)cc(C(F)(F)F)c2c1-c1ccccc1CC2. The predicted octanol–water partition coefficient (Wildman–Crippen LogP) is 3.96. The average molecular weight is 322 g/mol. The van der Waals surface area contributed by atoms with Crippen molar-refractivity contribution in [3.63, 3.8) is 0 Å². The lowest BCUT2D eigenvalue weighted by atomic mass is 9.80. The molecular formula is C17H13F3O3. The summed E-state index contributed by atoms with van der Waals surface area (Å²) in [5.74, 6) is -1.58. The van der Waals surface area contributed by atoms with Crippen molar-refractivity contribution in [2.75, 3.05) is 7.11 Å². The van der Waals surface area contributed by atoms with E-state index in [2.05, 4.69) is 4.74 Å². The lowest BCUT2D eigenvalue weighted by molar-refractivity contribution is -0.138. The monoisotopic (exact) mass is 322 g/mol. The third kappa shape index (κ3) is 2.44. The van der Waals surface area contributed by atoms with Gasteiger partial charge in [-0.1, -0.05) is 24.3 Å². The van der Waals surface area contributed by atoms with Gasteiger partial charge in [-0.15, -0.1) is 0 Å². The lowest BCUT2D eigenvalue weighted by Crippen LogP contribution is -2.18. The van der Waals surface area contributed by atoms with Crippen molar-refractivity contribution in [3.05, 3.63) is 52.6 Å². The van der Waals surface area contributed by atoms with Crippen LogP contribution >= 0.6 is 0 Å². The maximum absolute atomic E-state index is 13.3. The van der Waals surface area contributed by atoms with E-state index in [0.717, 1.165) is 12.7 Å². The topological polar surface area (TPSA) is 46.5 Å². The summed E-state index contributed by atoms with van der Waals surface area (Å²) in [6, 6.07) is 7.54. The van der Waals surface area contributed by atoms with Gasteiger partial charge in [0.05, 0.1) is 12.7 Å². The number of fused-ring (bicyclic) bond motifs is 3. The van der Waals surface area contributed by atoms with Gasteiger partial charge in [-0.05, 0) is 35.6 Å². The maximum Gasteiger partial charge on any atom is 0.416 e. The molecule has 3 rings (SSSR count). The van der Waals surface area contributed by atoms with Gasteiger partial charge < -0.3 is 9.84 Å². The summed E-state index contributed by atoms with van der Waals surface area (Å²) in [4.78, 5) is 12.0. The van der Waals surface area contributed by atoms with Crippen molar-refractivity contribution >= 4 is 5.97 Å². The second kappa shape index (κ2) is 5.30. The molecule has 2 aromatic rings. The van der Waals surface area contributed by atoms with Gasteiger partial charge in [0.15, 0.2) is 0 Å². The number of methoxy groups -OCH3 is 1. The fourth-order valence-electron chi connectivity index (χ4n) is 3.07. The van der Waals surface area contributed by atoms with Crippen molar-refractivity contribution in [3.8, 4) is 16.9 Å². The molecule has 1 aliphatic carbocycles. The minimum Gasteiger partial charge on any atom is -0.507 e. The molecule has 1 N–H and O–H groups in total. The fraction of sp³-hybridized carbons (Fsp3) is 0.235. The first-order valence-corrected chi connectivity index (χ1v) is 6.97. The summed E-state index contributed by atoms with van der Waals surface area (Å²) in [5.41, 5.74) is 0.370. The lowest BCUT2D eigenvalue weighted by Gasteiger charge is -2.26. The van der Waals surface area contributed by atoms with Gasteiger partial charge in [0, 0.05) is 5.56 Å². The zero-order valence-corrected chi connectivity index (χ0v) is 12.2. The highest BCUT2D eigenvalue weighted by molar-refractivity contribution is 6.02. The smallest absolute Gasteiger partial charge is 0.416 e. The van der Waals surface area contributed by atoms with E-state index in [-0.39, 0.29) is 23.1 Å². The van der Waals surface area contributed by atoms with Gasteiger partial charge in [0.2, 0.25) is 0 Å². The molecule has 0 heterocycles. The van der Waals surface area contributed by atoms with E-state index in [1.165, 1.54) is 0 Å². The van der Waals surface area contributed by atoms with Crippen molar-refractivity contribution in [1.29, 1.82) is 0 Å². The van der Waals surface area contributed by atoms with E-state index < -0.39 is 23.5 Å². The number of phenolic OH excluding ortho intramolecular Hbond substituents is 1. The van der Waals surface area contributed by atoms with Gasteiger partial charge >= 0.3 is 12.1 Å². The van der Waals surface area contributed by atoms with Gasteiger partial charge in [0.1, 0.15) is 11.3 Å². The van der Waals surface area contributed by atoms with E-state index in [1.54, 1.807) is 24.3 Å². The van der Waals surface area contributed by atoms with Gasteiger partial charge in [-0.3, -0.25) is 0 Å². The number of rotatable bonds is 1. The number of phenols is 1. The molecule has 0 spiro atoms. The van der Waals surface area contributed by atoms with E-state index in [4.69, 9.17) is 0 Å². The van der Waals surface area contributed by atoms with Crippen LogP contribution in [0.4, 0.5) is 13.2 Å². The Labute approximate surface area is 130 Å². The number of aryl methyl sites for hydroxylation is 1. The summed E-state index contributed by atoms with van der Waals surface area (Å²) < 4.78 is 44.6. The van der Waals surface area contributed by atoms with Crippen molar-refractivity contribution in [1.82, 2.24) is 0 Å². The molecule has 0 radical (unpaired) electrons. The fourth-order valence-corrected chi connectivity index (χ4v) is 3.07. The second-order valence-electron chi connectivity index (χ2n) is 5.32. The van der Waals surface area contributed by atoms with E-state index in [9.17, 15) is 23.1 Å². The summed E-state index contributed by atoms with van der Waals surface area (Å²) in [7, 11) is 1.13. The Morgan fingerprint density at radius 3 is 2.57 bits per heavy atom. The van der Waals surface area contributed by atoms with E-state index in [1.807, 2.05) is 0 Å². The highest BCUT2D eigenvalue weighted by atomic mass is 19.4. The summed E-state index contributed by atoms with van der Waals surface area (Å²) >= 11 is 0. The van der Waals surface area contributed by atoms with Crippen LogP contribution in [0.15, 0.2) is 30.3 Å². The molecule has 0 fully saturated rings. The number of benzene rings is 2. The molecule has 0 bridgehead atoms. The van der Waals surface area contributed by atoms with E-state index >= 15 is 0 Å². The third-order valence-electron chi connectivity index (χ3n) is 4.04. The highest BCUT2D eigenvalue weighted by Crippen LogP contribution is 2.46. The molecule has 0 atom stereocenters. The van der Waals surface area contributed by atoms with Crippen LogP contribution in [-0.4, -0.2) is 18.2 Å². The molecule has 0 unspecified atom stereocenters. The maximum atomic E-state index is 13.3. The van der Waals surface area contributed by atoms with Gasteiger partial charge in [-0.25, -0.2) is 4.79 Å². The standard InChI is InChI=1S/C17H13F3O3/c1-23-16(22)15-13(21)8-12(17(18,19)20)11-7-6-9-4-2-3-5-10(9)14(11)15/h2-5,8,21H,6-7H2,1H3. The number of carbonyl (C=O) groups is 1. The Morgan fingerprint density at radius 2 is 1.91 bits per heavy atom. The summed E-state index contributed by atoms with van der Waals surface area (Å²) in [5, 5.41) is 10.0. The quantitative estimate of drug-likeness (QED) is 0.808. The Kier molecular flexibility index (Phi) is 3.55. The number of alkyl halides is 3. The molecule has 0 saturated heterocycles. The Balaban J connectivity index is 2.42. The van der Waals surface area contributed by atoms with E-state index in [0.29, 0.717) is 18.1 Å². The van der Waals surface area contributed by atoms with Gasteiger partial charge in [0.25, 0.3) is 0 Å². The van der Waals surface area contributed by atoms with Crippen LogP contribution in [0, 0.1) is 0 Å². The molecule has 1 aliphatic rings. The number of halogens is 3. The highest BCUT2D eigenvalue weighted by Gasteiger charge is 2.39. The normalized spacial score (nSPS) is 13.2. The molecule has 2 aromatic carbocycles.